The second kappa shape index (κ2) is 33.5. The number of anilines is 1. The van der Waals surface area contributed by atoms with Crippen molar-refractivity contribution in [2.75, 3.05) is 137 Å². The first kappa shape index (κ1) is 66.1. The van der Waals surface area contributed by atoms with Gasteiger partial charge in [-0.05, 0) is 42.8 Å². The summed E-state index contributed by atoms with van der Waals surface area (Å²) < 4.78 is 115. The monoisotopic (exact) mass is 1240 g/mol. The van der Waals surface area contributed by atoms with E-state index in [2.05, 4.69) is 64.2 Å². The van der Waals surface area contributed by atoms with Crippen molar-refractivity contribution in [1.29, 1.82) is 0 Å². The van der Waals surface area contributed by atoms with Crippen LogP contribution < -0.4 is 9.64 Å². The van der Waals surface area contributed by atoms with Gasteiger partial charge in [0.05, 0.1) is 143 Å². The van der Waals surface area contributed by atoms with E-state index in [-0.39, 0.29) is 50.2 Å². The molecule has 2 aliphatic heterocycles. The largest absolute Gasteiger partial charge is 0.420 e. The summed E-state index contributed by atoms with van der Waals surface area (Å²) in [4.78, 5) is 43.7. The summed E-state index contributed by atoms with van der Waals surface area (Å²) in [6.45, 7) is 8.86. The average molecular weight is 1240 g/mol. The molecule has 5 aromatic rings. The van der Waals surface area contributed by atoms with Gasteiger partial charge in [0.15, 0.2) is 23.5 Å². The van der Waals surface area contributed by atoms with E-state index in [1.165, 1.54) is 10.2 Å². The number of aliphatic hydroxyl groups excluding tert-OH is 2. The number of aliphatic hydroxyl groups is 2. The predicted molar refractivity (Wildman–Crippen MR) is 295 cm³/mol. The van der Waals surface area contributed by atoms with Crippen LogP contribution in [0, 0.1) is 22.9 Å². The molecule has 0 amide bonds. The topological polar surface area (TPSA) is 297 Å². The third-order valence-corrected chi connectivity index (χ3v) is 15.0. The average Bonchev–Trinajstić information content (AvgIpc) is 1.91. The number of hydrogen-bond acceptors (Lipinski definition) is 22. The van der Waals surface area contributed by atoms with Gasteiger partial charge in [-0.2, -0.15) is 15.1 Å². The van der Waals surface area contributed by atoms with Crippen LogP contribution in [0.25, 0.3) is 11.0 Å². The molecule has 3 fully saturated rings. The van der Waals surface area contributed by atoms with E-state index in [0.29, 0.717) is 127 Å². The number of carbonyl (C=O) groups is 1. The van der Waals surface area contributed by atoms with Crippen molar-refractivity contribution in [2.24, 2.45) is 5.41 Å². The molecule has 4 atom stereocenters. The number of carbonyl (C=O) groups excluding carboxylic acids is 1. The zero-order valence-corrected chi connectivity index (χ0v) is 48.6. The Morgan fingerprint density at radius 2 is 1.38 bits per heavy atom. The molecule has 2 aromatic carbocycles. The fourth-order valence-corrected chi connectivity index (χ4v) is 10.6. The zero-order chi connectivity index (χ0) is 60.0. The highest BCUT2D eigenvalue weighted by molar-refractivity contribution is 7.51. The van der Waals surface area contributed by atoms with Crippen LogP contribution in [0.3, 0.4) is 0 Å². The van der Waals surface area contributed by atoms with Gasteiger partial charge in [-0.3, -0.25) is 14.3 Å². The number of nitrogens with zero attached hydrogens (tertiary/aromatic N) is 9. The van der Waals surface area contributed by atoms with E-state index in [1.54, 1.807) is 17.1 Å². The molecule has 8 rings (SSSR count). The minimum Gasteiger partial charge on any atom is -0.420 e. The molecule has 1 aliphatic carbocycles. The molecular formula is C54H74ClF3N9O17P. The molecule has 0 radical (unpaired) electrons. The number of aromatic nitrogens is 7. The van der Waals surface area contributed by atoms with Crippen LogP contribution in [-0.2, 0) is 76.4 Å². The number of fused-ring (bicyclic) bond motifs is 1. The summed E-state index contributed by atoms with van der Waals surface area (Å²) in [5.74, 6) is -5.01. The van der Waals surface area contributed by atoms with Gasteiger partial charge in [0.2, 0.25) is 11.0 Å². The quantitative estimate of drug-likeness (QED) is 0.0143. The first-order valence-corrected chi connectivity index (χ1v) is 30.2. The van der Waals surface area contributed by atoms with Gasteiger partial charge in [-0.15, -0.1) is 5.10 Å². The van der Waals surface area contributed by atoms with Gasteiger partial charge in [0.25, 0.3) is 0 Å². The second-order valence-electron chi connectivity index (χ2n) is 20.6. The SMILES string of the molecule is O=C(CCOCCOCCOCCOCCn1cc(COCCOCCOCCOCCN(Cc2ccccc2)C2CCC3(CC2)CN(c2nc(Cl)nc4c2cnn4[C@@H]2O[C@H](COCP(=O)(O)O)[C@@H](O)[C@H]2O)C3)nn1)Oc1c(F)cc(F)cc1F. The maximum absolute atomic E-state index is 13.6. The van der Waals surface area contributed by atoms with E-state index in [1.807, 2.05) is 6.07 Å². The normalized spacial score (nSPS) is 19.0. The van der Waals surface area contributed by atoms with Crippen molar-refractivity contribution in [2.45, 2.75) is 82.4 Å². The number of esters is 1. The van der Waals surface area contributed by atoms with Gasteiger partial charge in [-0.1, -0.05) is 35.5 Å². The Balaban J connectivity index is 0.617. The molecule has 4 N–H and O–H groups in total. The third kappa shape index (κ3) is 20.6. The molecule has 470 valence electrons. The number of hydrogen-bond donors (Lipinski definition) is 4. The molecule has 26 nitrogen and oxygen atoms in total. The highest BCUT2D eigenvalue weighted by Gasteiger charge is 2.48. The lowest BCUT2D eigenvalue weighted by Gasteiger charge is -2.55. The standard InChI is InChI=1S/C54H74ClF3N9O17P/c55-53-60-50(42-30-59-67(51(42)61-53)52-48(70)47(69)45(83-52)34-82-37-85(71,72)73)65-35-54(36-65)9-6-41(7-10-54)64(31-38-4-2-1-3-5-38)11-14-75-17-20-78-24-25-80-26-27-81-33-40-32-66(63-62-40)12-15-76-18-21-79-23-22-77-19-16-74-13-8-46(68)84-49-43(57)28-39(56)29-44(49)58/h1-5,28-30,32,41,45,47-48,52,69-70H,6-27,31,33-37H2,(H2,71,72,73)/t45-,47-,48-,52-/m1/s1. The van der Waals surface area contributed by atoms with Crippen molar-refractivity contribution in [3.05, 3.63) is 88.9 Å². The van der Waals surface area contributed by atoms with Crippen LogP contribution in [0.4, 0.5) is 19.0 Å². The first-order valence-electron chi connectivity index (χ1n) is 28.1. The molecule has 5 heterocycles. The Kier molecular flexibility index (Phi) is 26.0. The summed E-state index contributed by atoms with van der Waals surface area (Å²) in [5, 5.41) is 34.8. The fraction of sp³-hybridized carbons (Fsp3) is 0.630. The summed E-state index contributed by atoms with van der Waals surface area (Å²) >= 11 is 6.46. The van der Waals surface area contributed by atoms with Gasteiger partial charge in [0, 0.05) is 49.8 Å². The molecular weight excluding hydrogens is 1170 g/mol. The Bertz CT molecular complexity index is 2850. The first-order chi connectivity index (χ1) is 41.1. The Hall–Kier alpha value is -4.89. The van der Waals surface area contributed by atoms with Crippen LogP contribution in [-0.4, -0.2) is 222 Å². The number of halogens is 4. The van der Waals surface area contributed by atoms with Gasteiger partial charge in [-0.25, -0.2) is 22.5 Å². The summed E-state index contributed by atoms with van der Waals surface area (Å²) in [7, 11) is -4.44. The number of ether oxygens (including phenoxy) is 11. The van der Waals surface area contributed by atoms with E-state index < -0.39 is 67.7 Å². The van der Waals surface area contributed by atoms with Crippen molar-refractivity contribution in [1.82, 2.24) is 39.6 Å². The smallest absolute Gasteiger partial charge is 0.350 e. The number of benzene rings is 2. The lowest BCUT2D eigenvalue weighted by Crippen LogP contribution is -2.59. The van der Waals surface area contributed by atoms with E-state index in [9.17, 15) is 32.7 Å². The van der Waals surface area contributed by atoms with Crippen LogP contribution in [0.5, 0.6) is 5.75 Å². The zero-order valence-electron chi connectivity index (χ0n) is 47.0. The molecule has 0 bridgehead atoms. The van der Waals surface area contributed by atoms with Crippen LogP contribution in [0.1, 0.15) is 49.6 Å². The molecule has 2 saturated heterocycles. The van der Waals surface area contributed by atoms with Crippen molar-refractivity contribution in [3.8, 4) is 5.75 Å². The minimum absolute atomic E-state index is 0.0129. The third-order valence-electron chi connectivity index (χ3n) is 14.3. The fourth-order valence-electron chi connectivity index (χ4n) is 10.1. The minimum atomic E-state index is -4.44. The number of rotatable bonds is 39. The van der Waals surface area contributed by atoms with Crippen molar-refractivity contribution in [3.63, 3.8) is 0 Å². The Morgan fingerprint density at radius 3 is 2.01 bits per heavy atom. The second-order valence-corrected chi connectivity index (χ2v) is 22.6. The molecule has 85 heavy (non-hydrogen) atoms. The Labute approximate surface area is 493 Å². The maximum atomic E-state index is 13.6. The maximum Gasteiger partial charge on any atom is 0.350 e. The van der Waals surface area contributed by atoms with E-state index in [4.69, 9.17) is 68.8 Å². The van der Waals surface area contributed by atoms with Crippen LogP contribution in [0.15, 0.2) is 54.9 Å². The van der Waals surface area contributed by atoms with Crippen LogP contribution in [0.2, 0.25) is 5.28 Å². The van der Waals surface area contributed by atoms with Crippen molar-refractivity contribution < 1.29 is 94.6 Å². The molecule has 31 heteroatoms. The molecule has 1 saturated carbocycles. The lowest BCUT2D eigenvalue weighted by atomic mass is 9.67. The van der Waals surface area contributed by atoms with Crippen molar-refractivity contribution >= 4 is 42.0 Å². The van der Waals surface area contributed by atoms with E-state index >= 15 is 0 Å². The van der Waals surface area contributed by atoms with Gasteiger partial charge in [0.1, 0.15) is 42.0 Å². The Morgan fingerprint density at radius 1 is 0.776 bits per heavy atom. The van der Waals surface area contributed by atoms with Crippen LogP contribution >= 0.6 is 19.2 Å². The highest BCUT2D eigenvalue weighted by atomic mass is 35.5. The molecule has 3 aromatic heterocycles. The predicted octanol–water partition coefficient (Wildman–Crippen LogP) is 3.84. The highest BCUT2D eigenvalue weighted by Crippen LogP contribution is 2.48. The molecule has 3 aliphatic rings. The van der Waals surface area contributed by atoms with Gasteiger partial charge >= 0.3 is 13.6 Å². The summed E-state index contributed by atoms with van der Waals surface area (Å²) in [5.41, 5.74) is 2.35. The summed E-state index contributed by atoms with van der Waals surface area (Å²) in [6, 6.07) is 11.7. The van der Waals surface area contributed by atoms with E-state index in [0.717, 1.165) is 51.9 Å². The molecule has 0 unspecified atom stereocenters. The molecule has 1 spiro atoms. The van der Waals surface area contributed by atoms with Gasteiger partial charge < -0.3 is 77.0 Å². The summed E-state index contributed by atoms with van der Waals surface area (Å²) in [6.07, 6.45) is 1.33. The lowest BCUT2D eigenvalue weighted by molar-refractivity contribution is -0.136.